The Morgan fingerprint density at radius 3 is 0.963 bits per heavy atom. The van der Waals surface area contributed by atoms with E-state index >= 15 is 0 Å². The molecule has 6 aliphatic heterocycles. The third kappa shape index (κ3) is 12.5. The molecule has 0 fully saturated rings. The second-order valence-corrected chi connectivity index (χ2v) is 27.0. The van der Waals surface area contributed by atoms with Crippen molar-refractivity contribution in [3.05, 3.63) is 122 Å². The maximum atomic E-state index is 13.2. The molecule has 0 spiro atoms. The predicted octanol–water partition coefficient (Wildman–Crippen LogP) is 14.4. The summed E-state index contributed by atoms with van der Waals surface area (Å²) in [4.78, 5) is 39.7. The van der Waals surface area contributed by atoms with Crippen LogP contribution < -0.4 is 0 Å². The molecule has 0 aromatic heterocycles. The highest BCUT2D eigenvalue weighted by molar-refractivity contribution is 8.39. The first-order chi connectivity index (χ1) is 26.5. The zero-order valence-corrected chi connectivity index (χ0v) is 39.5. The van der Waals surface area contributed by atoms with E-state index in [0.717, 1.165) is 12.7 Å². The summed E-state index contributed by atoms with van der Waals surface area (Å²) in [7, 11) is 0. The molecule has 0 atom stereocenters. The molecule has 0 aliphatic carbocycles. The summed E-state index contributed by atoms with van der Waals surface area (Å²) >= 11 is 25.6. The van der Waals surface area contributed by atoms with Crippen molar-refractivity contribution >= 4 is 194 Å². The largest absolute Gasteiger partial charge is 0.461 e. The van der Waals surface area contributed by atoms with Crippen molar-refractivity contribution in [1.82, 2.24) is 0 Å². The average molecular weight is 998 g/mol. The highest BCUT2D eigenvalue weighted by Crippen LogP contribution is 2.57. The molecule has 0 amide bonds. The van der Waals surface area contributed by atoms with Gasteiger partial charge >= 0.3 is 17.9 Å². The van der Waals surface area contributed by atoms with Crippen molar-refractivity contribution in [2.24, 2.45) is 0 Å². The number of esters is 3. The lowest BCUT2D eigenvalue weighted by molar-refractivity contribution is 0.0528. The molecule has 6 aliphatic rings. The number of ether oxygens (including phenoxy) is 3. The van der Waals surface area contributed by atoms with Crippen LogP contribution in [0.3, 0.4) is 0 Å². The fourth-order valence-electron chi connectivity index (χ4n) is 4.15. The molecule has 6 heterocycles. The van der Waals surface area contributed by atoms with E-state index in [2.05, 4.69) is 48.7 Å². The zero-order chi connectivity index (χ0) is 37.1. The maximum absolute atomic E-state index is 13.2. The van der Waals surface area contributed by atoms with Crippen molar-refractivity contribution in [3.8, 4) is 0 Å². The number of benzene rings is 1. The molecule has 1 aromatic rings. The first kappa shape index (κ1) is 42.7. The van der Waals surface area contributed by atoms with Gasteiger partial charge in [0.15, 0.2) is 0 Å². The quantitative estimate of drug-likeness (QED) is 0.0949. The van der Waals surface area contributed by atoms with Gasteiger partial charge in [0.05, 0.1) is 54.8 Å². The predicted molar refractivity (Wildman–Crippen MR) is 259 cm³/mol. The van der Waals surface area contributed by atoms with E-state index in [-0.39, 0.29) is 36.5 Å². The molecule has 282 valence electrons. The standard InChI is InChI=1S/C33H24O6S15/c34-25(37-1-4-40-22-16-49-31(52-22)28-43-7-8-44-28)19-13-20(26(35)38-2-5-41-23-17-50-32(53-23)29-45-9-10-46-29)15-21(14-19)27(36)39-3-6-42-24-18-51-33(54-24)30-47-11-12-48-30/h7-18H,1-6H2. The van der Waals surface area contributed by atoms with Crippen LogP contribution in [-0.4, -0.2) is 55.0 Å². The average Bonchev–Trinajstić information content (AvgIpc) is 4.04. The number of thioether (sulfide) groups is 15. The summed E-state index contributed by atoms with van der Waals surface area (Å²) in [6.07, 6.45) is 0. The van der Waals surface area contributed by atoms with E-state index in [1.165, 1.54) is 43.6 Å². The lowest BCUT2D eigenvalue weighted by atomic mass is 10.1. The molecule has 7 rings (SSSR count). The lowest BCUT2D eigenvalue weighted by Crippen LogP contribution is -2.15. The Balaban J connectivity index is 0.909. The second-order valence-electron chi connectivity index (χ2n) is 9.97. The SMILES string of the molecule is O=C(OCCSC1=CSC(=C2SC=CS2)S1)c1cc(C(=O)OCCSC2=CSC(=C3SC=CS3)S2)cc(C(=O)OCCSC2=CSC(=C3SC=CS3)S2)c1. The third-order valence-electron chi connectivity index (χ3n) is 6.41. The van der Waals surface area contributed by atoms with Gasteiger partial charge < -0.3 is 14.2 Å². The van der Waals surface area contributed by atoms with Gasteiger partial charge in [-0.2, -0.15) is 0 Å². The van der Waals surface area contributed by atoms with Gasteiger partial charge in [0, 0.05) is 17.3 Å². The highest BCUT2D eigenvalue weighted by Gasteiger charge is 2.23. The minimum absolute atomic E-state index is 0.0921. The van der Waals surface area contributed by atoms with Crippen LogP contribution in [0.1, 0.15) is 31.1 Å². The number of carbonyl (C=O) groups excluding carboxylic acids is 3. The summed E-state index contributed by atoms with van der Waals surface area (Å²) in [6, 6.07) is 4.27. The summed E-state index contributed by atoms with van der Waals surface area (Å²) < 4.78 is 27.9. The van der Waals surface area contributed by atoms with Crippen LogP contribution in [0.15, 0.2) is 105 Å². The van der Waals surface area contributed by atoms with E-state index in [1.54, 1.807) is 176 Å². The molecule has 0 unspecified atom stereocenters. The normalized spacial score (nSPS) is 19.0. The van der Waals surface area contributed by atoms with Crippen LogP contribution in [0.4, 0.5) is 0 Å². The van der Waals surface area contributed by atoms with Gasteiger partial charge in [-0.25, -0.2) is 14.4 Å². The Hall–Kier alpha value is 0.540. The molecule has 0 saturated heterocycles. The number of carbonyl (C=O) groups is 3. The molecular formula is C33H24O6S15. The number of rotatable bonds is 15. The van der Waals surface area contributed by atoms with Crippen LogP contribution in [-0.2, 0) is 14.2 Å². The fraction of sp³-hybridized carbons (Fsp3) is 0.182. The molecule has 0 saturated carbocycles. The van der Waals surface area contributed by atoms with Crippen LogP contribution >= 0.6 is 176 Å². The summed E-state index contributed by atoms with van der Waals surface area (Å²) in [6.45, 7) is 0.508. The minimum Gasteiger partial charge on any atom is -0.461 e. The van der Waals surface area contributed by atoms with Gasteiger partial charge in [-0.05, 0) is 66.9 Å². The van der Waals surface area contributed by atoms with Crippen LogP contribution in [0, 0.1) is 0 Å². The van der Waals surface area contributed by atoms with Gasteiger partial charge in [-0.3, -0.25) is 0 Å². The summed E-state index contributed by atoms with van der Waals surface area (Å²) in [5.41, 5.74) is 0.276. The minimum atomic E-state index is -0.622. The Labute approximate surface area is 377 Å². The Bertz CT molecular complexity index is 1700. The van der Waals surface area contributed by atoms with E-state index in [4.69, 9.17) is 14.2 Å². The Morgan fingerprint density at radius 1 is 0.407 bits per heavy atom. The summed E-state index contributed by atoms with van der Waals surface area (Å²) in [5, 5.41) is 18.9. The van der Waals surface area contributed by atoms with Crippen molar-refractivity contribution < 1.29 is 28.6 Å². The topological polar surface area (TPSA) is 78.9 Å². The van der Waals surface area contributed by atoms with E-state index in [0.29, 0.717) is 17.3 Å². The Morgan fingerprint density at radius 2 is 0.685 bits per heavy atom. The van der Waals surface area contributed by atoms with Gasteiger partial charge in [-0.15, -0.1) is 35.3 Å². The molecule has 21 heteroatoms. The molecule has 0 N–H and O–H groups in total. The van der Waals surface area contributed by atoms with Crippen molar-refractivity contribution in [3.63, 3.8) is 0 Å². The highest BCUT2D eigenvalue weighted by atomic mass is 32.3. The first-order valence-corrected chi connectivity index (χ1v) is 28.7. The first-order valence-electron chi connectivity index (χ1n) is 15.4. The van der Waals surface area contributed by atoms with Gasteiger partial charge in [-0.1, -0.05) is 141 Å². The van der Waals surface area contributed by atoms with Crippen molar-refractivity contribution in [2.45, 2.75) is 0 Å². The molecule has 54 heavy (non-hydrogen) atoms. The second kappa shape index (κ2) is 22.2. The van der Waals surface area contributed by atoms with Gasteiger partial charge in [0.25, 0.3) is 0 Å². The van der Waals surface area contributed by atoms with E-state index in [9.17, 15) is 14.4 Å². The van der Waals surface area contributed by atoms with Gasteiger partial charge in [0.2, 0.25) is 0 Å². The Kier molecular flexibility index (Phi) is 17.6. The van der Waals surface area contributed by atoms with Crippen LogP contribution in [0.25, 0.3) is 0 Å². The van der Waals surface area contributed by atoms with Crippen molar-refractivity contribution in [2.75, 3.05) is 37.1 Å². The zero-order valence-electron chi connectivity index (χ0n) is 27.2. The maximum Gasteiger partial charge on any atom is 0.338 e. The number of hydrogen-bond donors (Lipinski definition) is 0. The molecule has 0 radical (unpaired) electrons. The van der Waals surface area contributed by atoms with E-state index < -0.39 is 17.9 Å². The third-order valence-corrected chi connectivity index (χ3v) is 25.4. The molecule has 6 nitrogen and oxygen atoms in total. The monoisotopic (exact) mass is 996 g/mol. The fourth-order valence-corrected chi connectivity index (χ4v) is 21.4. The van der Waals surface area contributed by atoms with Crippen LogP contribution in [0.5, 0.6) is 0 Å². The van der Waals surface area contributed by atoms with Crippen LogP contribution in [0.2, 0.25) is 0 Å². The van der Waals surface area contributed by atoms with E-state index in [1.807, 2.05) is 0 Å². The molecule has 0 bridgehead atoms. The smallest absolute Gasteiger partial charge is 0.338 e. The molecular weight excluding hydrogens is 973 g/mol. The van der Waals surface area contributed by atoms with Gasteiger partial charge in [0.1, 0.15) is 19.8 Å². The van der Waals surface area contributed by atoms with Crippen molar-refractivity contribution in [1.29, 1.82) is 0 Å². The lowest BCUT2D eigenvalue weighted by Gasteiger charge is -2.11. The summed E-state index contributed by atoms with van der Waals surface area (Å²) in [5.74, 6) is -0.160. The number of hydrogen-bond acceptors (Lipinski definition) is 21. The molecule has 1 aromatic carbocycles.